The maximum atomic E-state index is 11.6. The average Bonchev–Trinajstić information content (AvgIpc) is 3.11. The molecule has 0 aliphatic rings. The molecule has 3 aromatic rings. The van der Waals surface area contributed by atoms with Gasteiger partial charge in [0, 0.05) is 17.2 Å². The Labute approximate surface area is 151 Å². The molecule has 26 heavy (non-hydrogen) atoms. The van der Waals surface area contributed by atoms with Crippen molar-refractivity contribution in [2.24, 2.45) is 11.5 Å². The predicted octanol–water partition coefficient (Wildman–Crippen LogP) is 2.24. The molecule has 0 saturated heterocycles. The van der Waals surface area contributed by atoms with Crippen molar-refractivity contribution in [3.8, 4) is 5.75 Å². The normalized spacial score (nSPS) is 11.1. The predicted molar refractivity (Wildman–Crippen MR) is 96.6 cm³/mol. The molecular weight excluding hydrogens is 362 g/mol. The molecule has 0 spiro atoms. The van der Waals surface area contributed by atoms with Crippen molar-refractivity contribution < 1.29 is 28.2 Å². The number of nitrogens with one attached hydrogen (secondary N) is 1. The lowest BCUT2D eigenvalue weighted by Gasteiger charge is -2.06. The molecule has 1 aromatic carbocycles. The number of carbonyl (C=O) groups is 2. The number of nitrogens with two attached hydrogens (primary N) is 2. The summed E-state index contributed by atoms with van der Waals surface area (Å²) >= 11 is 1.32. The van der Waals surface area contributed by atoms with E-state index in [4.69, 9.17) is 30.1 Å². The number of furan rings is 1. The third-order valence-corrected chi connectivity index (χ3v) is 4.64. The zero-order valence-electron chi connectivity index (χ0n) is 13.9. The lowest BCUT2D eigenvalue weighted by atomic mass is 10.2. The molecule has 0 bridgehead atoms. The number of methoxy groups -OCH3 is 1. The molecule has 5 N–H and O–H groups in total. The largest absolute Gasteiger partial charge is 0.468 e. The molecule has 0 aliphatic heterocycles. The molecule has 2 aromatic heterocycles. The Morgan fingerprint density at radius 2 is 2.08 bits per heavy atom. The Hall–Kier alpha value is -2.82. The van der Waals surface area contributed by atoms with Crippen molar-refractivity contribution in [1.29, 1.82) is 0 Å². The van der Waals surface area contributed by atoms with Gasteiger partial charge >= 0.3 is 6.03 Å². The van der Waals surface area contributed by atoms with Crippen LogP contribution in [0.4, 0.5) is 10.5 Å². The van der Waals surface area contributed by atoms with Gasteiger partial charge < -0.3 is 35.4 Å². The maximum absolute atomic E-state index is 11.6. The van der Waals surface area contributed by atoms with Crippen molar-refractivity contribution in [2.75, 3.05) is 32.4 Å². The Balaban J connectivity index is 1.91. The number of thiophene rings is 1. The zero-order valence-corrected chi connectivity index (χ0v) is 14.7. The second-order valence-electron chi connectivity index (χ2n) is 5.24. The van der Waals surface area contributed by atoms with E-state index < -0.39 is 11.9 Å². The van der Waals surface area contributed by atoms with Crippen molar-refractivity contribution in [3.05, 3.63) is 24.0 Å². The topological polar surface area (TPSA) is 139 Å². The Morgan fingerprint density at radius 3 is 2.77 bits per heavy atom. The van der Waals surface area contributed by atoms with E-state index in [2.05, 4.69) is 5.32 Å². The quantitative estimate of drug-likeness (QED) is 0.405. The lowest BCUT2D eigenvalue weighted by Crippen LogP contribution is -2.21. The van der Waals surface area contributed by atoms with Gasteiger partial charge in [-0.3, -0.25) is 4.79 Å². The van der Waals surface area contributed by atoms with E-state index in [0.29, 0.717) is 29.2 Å². The highest BCUT2D eigenvalue weighted by molar-refractivity contribution is 7.26. The lowest BCUT2D eigenvalue weighted by molar-refractivity contribution is -0.00840. The van der Waals surface area contributed by atoms with Crippen LogP contribution in [-0.4, -0.2) is 39.1 Å². The second kappa shape index (κ2) is 7.60. The fraction of sp³-hybridized carbons (Fsp3) is 0.250. The number of rotatable bonds is 8. The third-order valence-electron chi connectivity index (χ3n) is 3.49. The van der Waals surface area contributed by atoms with Gasteiger partial charge in [0.05, 0.1) is 17.9 Å². The van der Waals surface area contributed by atoms with Crippen LogP contribution in [0.5, 0.6) is 5.75 Å². The summed E-state index contributed by atoms with van der Waals surface area (Å²) < 4.78 is 22.6. The van der Waals surface area contributed by atoms with Gasteiger partial charge in [-0.1, -0.05) is 0 Å². The number of ether oxygens (including phenoxy) is 3. The first-order chi connectivity index (χ1) is 12.5. The maximum Gasteiger partial charge on any atom is 0.316 e. The second-order valence-corrected chi connectivity index (χ2v) is 6.29. The molecule has 0 saturated carbocycles. The number of carbonyl (C=O) groups excluding carboxylic acids is 2. The number of amides is 3. The minimum absolute atomic E-state index is 0.0939. The van der Waals surface area contributed by atoms with Crippen LogP contribution >= 0.6 is 11.3 Å². The fourth-order valence-corrected chi connectivity index (χ4v) is 3.54. The first kappa shape index (κ1) is 18.0. The van der Waals surface area contributed by atoms with E-state index >= 15 is 0 Å². The van der Waals surface area contributed by atoms with Crippen LogP contribution in [0, 0.1) is 0 Å². The number of fused-ring (bicyclic) bond motifs is 3. The van der Waals surface area contributed by atoms with E-state index in [1.54, 1.807) is 19.2 Å². The highest BCUT2D eigenvalue weighted by Crippen LogP contribution is 2.43. The summed E-state index contributed by atoms with van der Waals surface area (Å²) in [6.45, 7) is 1.01. The molecule has 2 heterocycles. The van der Waals surface area contributed by atoms with Gasteiger partial charge in [-0.25, -0.2) is 4.79 Å². The Morgan fingerprint density at radius 1 is 1.27 bits per heavy atom. The molecule has 0 radical (unpaired) electrons. The zero-order chi connectivity index (χ0) is 18.7. The van der Waals surface area contributed by atoms with Crippen LogP contribution in [0.25, 0.3) is 20.4 Å². The fourth-order valence-electron chi connectivity index (χ4n) is 2.39. The van der Waals surface area contributed by atoms with Crippen LogP contribution in [-0.2, 0) is 9.47 Å². The smallest absolute Gasteiger partial charge is 0.316 e. The molecule has 0 unspecified atom stereocenters. The van der Waals surface area contributed by atoms with E-state index in [-0.39, 0.29) is 18.2 Å². The van der Waals surface area contributed by atoms with Crippen LogP contribution < -0.4 is 21.5 Å². The number of anilines is 1. The van der Waals surface area contributed by atoms with Crippen LogP contribution in [0.3, 0.4) is 0 Å². The average molecular weight is 379 g/mol. The minimum atomic E-state index is -0.815. The Kier molecular flexibility index (Phi) is 5.26. The van der Waals surface area contributed by atoms with Gasteiger partial charge in [-0.2, -0.15) is 0 Å². The van der Waals surface area contributed by atoms with Crippen LogP contribution in [0.15, 0.2) is 22.6 Å². The molecule has 3 amide bonds. The minimum Gasteiger partial charge on any atom is -0.468 e. The summed E-state index contributed by atoms with van der Waals surface area (Å²) in [5.41, 5.74) is 11.1. The van der Waals surface area contributed by atoms with E-state index in [0.717, 1.165) is 10.1 Å². The molecule has 9 nitrogen and oxygen atoms in total. The highest BCUT2D eigenvalue weighted by atomic mass is 32.1. The Bertz CT molecular complexity index is 964. The van der Waals surface area contributed by atoms with E-state index in [1.165, 1.54) is 11.3 Å². The van der Waals surface area contributed by atoms with Crippen LogP contribution in [0.2, 0.25) is 0 Å². The molecule has 0 aliphatic carbocycles. The number of hydrogen-bond acceptors (Lipinski definition) is 7. The number of primary amides is 2. The van der Waals surface area contributed by atoms with Crippen molar-refractivity contribution >= 4 is 49.3 Å². The van der Waals surface area contributed by atoms with E-state index in [1.807, 2.05) is 6.07 Å². The summed E-state index contributed by atoms with van der Waals surface area (Å²) in [5, 5.41) is 3.16. The van der Waals surface area contributed by atoms with Gasteiger partial charge in [0.25, 0.3) is 5.91 Å². The van der Waals surface area contributed by atoms with Gasteiger partial charge in [0.2, 0.25) is 5.76 Å². The van der Waals surface area contributed by atoms with Crippen LogP contribution in [0.1, 0.15) is 10.6 Å². The molecule has 10 heteroatoms. The standard InChI is InChI=1S/C16H17N3O6S/c1-22-4-5-23-7-24-8-2-3-9-10(6-8)26-14-11(19-16(18)21)13(15(17)20)25-12(9)14/h2-3,6H,4-5,7H2,1H3,(H2,17,20)(H3,18,19,21). The SMILES string of the molecule is COCCOCOc1ccc2c(c1)sc1c(NC(N)=O)c(C(N)=O)oc12. The third kappa shape index (κ3) is 3.57. The molecule has 0 atom stereocenters. The van der Waals surface area contributed by atoms with Gasteiger partial charge in [0.1, 0.15) is 11.4 Å². The molecule has 138 valence electrons. The summed E-state index contributed by atoms with van der Waals surface area (Å²) in [4.78, 5) is 22.8. The molecular formula is C16H17N3O6S. The number of benzene rings is 1. The summed E-state index contributed by atoms with van der Waals surface area (Å²) in [6.07, 6.45) is 0. The first-order valence-corrected chi connectivity index (χ1v) is 8.37. The summed E-state index contributed by atoms with van der Waals surface area (Å²) in [7, 11) is 1.59. The van der Waals surface area contributed by atoms with Crippen molar-refractivity contribution in [1.82, 2.24) is 0 Å². The van der Waals surface area contributed by atoms with Gasteiger partial charge in [-0.15, -0.1) is 11.3 Å². The summed E-state index contributed by atoms with van der Waals surface area (Å²) in [5.74, 6) is -0.323. The van der Waals surface area contributed by atoms with Gasteiger partial charge in [-0.05, 0) is 18.2 Å². The molecule has 3 rings (SSSR count). The highest BCUT2D eigenvalue weighted by Gasteiger charge is 2.23. The summed E-state index contributed by atoms with van der Waals surface area (Å²) in [6, 6.07) is 4.54. The monoisotopic (exact) mass is 379 g/mol. The molecule has 0 fully saturated rings. The van der Waals surface area contributed by atoms with Crippen molar-refractivity contribution in [3.63, 3.8) is 0 Å². The van der Waals surface area contributed by atoms with Gasteiger partial charge in [0.15, 0.2) is 12.4 Å². The first-order valence-electron chi connectivity index (χ1n) is 7.56. The van der Waals surface area contributed by atoms with Crippen molar-refractivity contribution in [2.45, 2.75) is 0 Å². The van der Waals surface area contributed by atoms with E-state index in [9.17, 15) is 9.59 Å². The number of urea groups is 1. The number of hydrogen-bond donors (Lipinski definition) is 3.